The van der Waals surface area contributed by atoms with Gasteiger partial charge in [0.2, 0.25) is 5.91 Å². The third-order valence-corrected chi connectivity index (χ3v) is 5.00. The summed E-state index contributed by atoms with van der Waals surface area (Å²) < 4.78 is 47.0. The van der Waals surface area contributed by atoms with Crippen LogP contribution in [0.3, 0.4) is 0 Å². The maximum atomic E-state index is 12.5. The first-order chi connectivity index (χ1) is 12.4. The molecule has 0 radical (unpaired) electrons. The summed E-state index contributed by atoms with van der Waals surface area (Å²) in [7, 11) is 1.35. The molecule has 1 aliphatic heterocycles. The maximum absolute atomic E-state index is 12.5. The smallest absolute Gasteiger partial charge is 0.422 e. The van der Waals surface area contributed by atoms with E-state index in [1.54, 1.807) is 6.07 Å². The Hall–Kier alpha value is -1.67. The van der Waals surface area contributed by atoms with Gasteiger partial charge in [0.05, 0.1) is 13.2 Å². The number of carbonyl (C=O) groups is 1. The molecule has 1 saturated heterocycles. The summed E-state index contributed by atoms with van der Waals surface area (Å²) >= 11 is 0. The molecule has 3 unspecified atom stereocenters. The number of halogens is 4. The zero-order chi connectivity index (χ0) is 18.7. The van der Waals surface area contributed by atoms with Gasteiger partial charge in [0, 0.05) is 17.8 Å². The molecule has 1 aliphatic carbocycles. The van der Waals surface area contributed by atoms with E-state index >= 15 is 0 Å². The van der Waals surface area contributed by atoms with Crippen molar-refractivity contribution in [3.63, 3.8) is 0 Å². The minimum Gasteiger partial charge on any atom is -0.493 e. The number of benzene rings is 1. The third-order valence-electron chi connectivity index (χ3n) is 5.00. The van der Waals surface area contributed by atoms with Crippen molar-refractivity contribution >= 4 is 24.0 Å². The molecule has 1 aromatic carbocycles. The zero-order valence-corrected chi connectivity index (χ0v) is 15.8. The number of fused-ring (bicyclic) bond motifs is 1. The fourth-order valence-corrected chi connectivity index (χ4v) is 3.78. The normalized spacial score (nSPS) is 24.5. The largest absolute Gasteiger partial charge is 0.493 e. The van der Waals surface area contributed by atoms with Gasteiger partial charge in [-0.1, -0.05) is 12.8 Å². The summed E-state index contributed by atoms with van der Waals surface area (Å²) in [4.78, 5) is 12.5. The van der Waals surface area contributed by atoms with Gasteiger partial charge in [-0.2, -0.15) is 13.2 Å². The number of hydrogen-bond donors (Lipinski definition) is 2. The number of alkyl halides is 3. The monoisotopic (exact) mass is 408 g/mol. The molecule has 1 heterocycles. The van der Waals surface area contributed by atoms with Crippen LogP contribution in [0.1, 0.15) is 32.1 Å². The Kier molecular flexibility index (Phi) is 7.22. The molecular weight excluding hydrogens is 385 g/mol. The number of hydrogen-bond acceptors (Lipinski definition) is 4. The van der Waals surface area contributed by atoms with E-state index in [9.17, 15) is 18.0 Å². The number of rotatable bonds is 5. The standard InChI is InChI=1S/C18H23F3N2O3.ClH/c1-25-15-7-6-12(9-16(15)26-10-18(19,20)21)22-17(24)14-8-11-4-2-3-5-13(11)23-14;/h6-7,9,11,13-14,23H,2-5,8,10H2,1H3,(H,22,24);1H. The topological polar surface area (TPSA) is 59.6 Å². The average Bonchev–Trinajstić information content (AvgIpc) is 3.04. The van der Waals surface area contributed by atoms with Crippen molar-refractivity contribution in [2.24, 2.45) is 5.92 Å². The Balaban J connectivity index is 0.00000261. The van der Waals surface area contributed by atoms with Gasteiger partial charge in [-0.25, -0.2) is 0 Å². The number of nitrogens with one attached hydrogen (secondary N) is 2. The Morgan fingerprint density at radius 2 is 2.00 bits per heavy atom. The lowest BCUT2D eigenvalue weighted by atomic mass is 9.85. The van der Waals surface area contributed by atoms with Gasteiger partial charge in [-0.05, 0) is 37.3 Å². The van der Waals surface area contributed by atoms with Crippen LogP contribution in [0, 0.1) is 5.92 Å². The second-order valence-electron chi connectivity index (χ2n) is 6.86. The van der Waals surface area contributed by atoms with Crippen molar-refractivity contribution in [2.75, 3.05) is 19.0 Å². The summed E-state index contributed by atoms with van der Waals surface area (Å²) in [6.07, 6.45) is 0.959. The van der Waals surface area contributed by atoms with Gasteiger partial charge in [-0.15, -0.1) is 12.4 Å². The summed E-state index contributed by atoms with van der Waals surface area (Å²) in [5, 5.41) is 6.14. The number of amides is 1. The average molecular weight is 409 g/mol. The number of ether oxygens (including phenoxy) is 2. The highest BCUT2D eigenvalue weighted by molar-refractivity contribution is 5.95. The minimum absolute atomic E-state index is 0. The molecule has 152 valence electrons. The van der Waals surface area contributed by atoms with Crippen LogP contribution in [0.4, 0.5) is 18.9 Å². The Bertz CT molecular complexity index is 643. The first kappa shape index (κ1) is 21.6. The SMILES string of the molecule is COc1ccc(NC(=O)C2CC3CCCCC3N2)cc1OCC(F)(F)F.Cl. The molecule has 2 aliphatic rings. The highest BCUT2D eigenvalue weighted by atomic mass is 35.5. The van der Waals surface area contributed by atoms with Crippen LogP contribution < -0.4 is 20.1 Å². The molecule has 2 N–H and O–H groups in total. The molecule has 0 spiro atoms. The highest BCUT2D eigenvalue weighted by Crippen LogP contribution is 2.34. The summed E-state index contributed by atoms with van der Waals surface area (Å²) in [5.41, 5.74) is 0.379. The van der Waals surface area contributed by atoms with Gasteiger partial charge in [0.15, 0.2) is 18.1 Å². The van der Waals surface area contributed by atoms with Gasteiger partial charge < -0.3 is 20.1 Å². The second-order valence-corrected chi connectivity index (χ2v) is 6.86. The Morgan fingerprint density at radius 3 is 2.67 bits per heavy atom. The molecule has 0 aromatic heterocycles. The Labute approximate surface area is 162 Å². The number of methoxy groups -OCH3 is 1. The fourth-order valence-electron chi connectivity index (χ4n) is 3.78. The second kappa shape index (κ2) is 9.01. The van der Waals surface area contributed by atoms with Crippen molar-refractivity contribution in [2.45, 2.75) is 50.4 Å². The van der Waals surface area contributed by atoms with E-state index in [0.717, 1.165) is 19.3 Å². The van der Waals surface area contributed by atoms with Crippen molar-refractivity contribution < 1.29 is 27.4 Å². The van der Waals surface area contributed by atoms with Gasteiger partial charge in [0.1, 0.15) is 0 Å². The van der Waals surface area contributed by atoms with Crippen molar-refractivity contribution in [3.05, 3.63) is 18.2 Å². The van der Waals surface area contributed by atoms with Gasteiger partial charge in [-0.3, -0.25) is 4.79 Å². The number of anilines is 1. The van der Waals surface area contributed by atoms with Crippen LogP contribution in [-0.4, -0.2) is 37.9 Å². The third kappa shape index (κ3) is 5.65. The van der Waals surface area contributed by atoms with E-state index < -0.39 is 12.8 Å². The van der Waals surface area contributed by atoms with E-state index in [2.05, 4.69) is 10.6 Å². The maximum Gasteiger partial charge on any atom is 0.422 e. The first-order valence-electron chi connectivity index (χ1n) is 8.80. The van der Waals surface area contributed by atoms with E-state index in [-0.39, 0.29) is 35.9 Å². The van der Waals surface area contributed by atoms with Crippen molar-refractivity contribution in [1.82, 2.24) is 5.32 Å². The molecule has 9 heteroatoms. The first-order valence-corrected chi connectivity index (χ1v) is 8.80. The predicted octanol–water partition coefficient (Wildman–Crippen LogP) is 3.92. The molecule has 3 atom stereocenters. The molecule has 0 bridgehead atoms. The molecule has 3 rings (SSSR count). The lowest BCUT2D eigenvalue weighted by Crippen LogP contribution is -2.39. The van der Waals surface area contributed by atoms with Crippen molar-refractivity contribution in [3.8, 4) is 11.5 Å². The van der Waals surface area contributed by atoms with Crippen LogP contribution in [0.5, 0.6) is 11.5 Å². The van der Waals surface area contributed by atoms with Gasteiger partial charge in [0.25, 0.3) is 0 Å². The highest BCUT2D eigenvalue weighted by Gasteiger charge is 2.38. The Morgan fingerprint density at radius 1 is 1.26 bits per heavy atom. The molecule has 1 aromatic rings. The molecule has 2 fully saturated rings. The number of carbonyl (C=O) groups excluding carboxylic acids is 1. The quantitative estimate of drug-likeness (QED) is 0.775. The lowest BCUT2D eigenvalue weighted by molar-refractivity contribution is -0.153. The zero-order valence-electron chi connectivity index (χ0n) is 15.0. The van der Waals surface area contributed by atoms with Crippen LogP contribution >= 0.6 is 12.4 Å². The van der Waals surface area contributed by atoms with Crippen LogP contribution in [-0.2, 0) is 4.79 Å². The van der Waals surface area contributed by atoms with E-state index in [0.29, 0.717) is 17.6 Å². The summed E-state index contributed by atoms with van der Waals surface area (Å²) in [6.45, 7) is -1.42. The van der Waals surface area contributed by atoms with E-state index in [1.165, 1.54) is 32.1 Å². The summed E-state index contributed by atoms with van der Waals surface area (Å²) in [6, 6.07) is 4.53. The fraction of sp³-hybridized carbons (Fsp3) is 0.611. The summed E-state index contributed by atoms with van der Waals surface area (Å²) in [5.74, 6) is 0.473. The minimum atomic E-state index is -4.45. The van der Waals surface area contributed by atoms with Crippen LogP contribution in [0.25, 0.3) is 0 Å². The van der Waals surface area contributed by atoms with E-state index in [4.69, 9.17) is 9.47 Å². The van der Waals surface area contributed by atoms with Gasteiger partial charge >= 0.3 is 6.18 Å². The lowest BCUT2D eigenvalue weighted by Gasteiger charge is -2.24. The van der Waals surface area contributed by atoms with Crippen molar-refractivity contribution in [1.29, 1.82) is 0 Å². The molecule has 5 nitrogen and oxygen atoms in total. The van der Waals surface area contributed by atoms with E-state index in [1.807, 2.05) is 0 Å². The predicted molar refractivity (Wildman–Crippen MR) is 97.7 cm³/mol. The van der Waals surface area contributed by atoms with Crippen LogP contribution in [0.2, 0.25) is 0 Å². The molecule has 1 amide bonds. The van der Waals surface area contributed by atoms with Crippen LogP contribution in [0.15, 0.2) is 18.2 Å². The molecular formula is C18H24ClF3N2O3. The molecule has 27 heavy (non-hydrogen) atoms. The molecule has 1 saturated carbocycles.